The highest BCUT2D eigenvalue weighted by Crippen LogP contribution is 2.39. The van der Waals surface area contributed by atoms with Crippen molar-refractivity contribution in [2.45, 2.75) is 12.5 Å². The number of carbonyl (C=O) groups is 1. The van der Waals surface area contributed by atoms with Gasteiger partial charge in [-0.3, -0.25) is 9.69 Å². The van der Waals surface area contributed by atoms with E-state index in [-0.39, 0.29) is 17.6 Å². The number of fused-ring (bicyclic) bond motifs is 2. The Morgan fingerprint density at radius 1 is 1.21 bits per heavy atom. The van der Waals surface area contributed by atoms with Crippen molar-refractivity contribution in [3.63, 3.8) is 0 Å². The summed E-state index contributed by atoms with van der Waals surface area (Å²) in [5.41, 5.74) is 3.03. The van der Waals surface area contributed by atoms with Gasteiger partial charge in [-0.2, -0.15) is 0 Å². The largest absolute Gasteiger partial charge is 0.324 e. The van der Waals surface area contributed by atoms with Gasteiger partial charge in [0.15, 0.2) is 0 Å². The molecule has 0 saturated carbocycles. The third kappa shape index (κ3) is 3.59. The molecule has 3 N–H and O–H groups in total. The van der Waals surface area contributed by atoms with Crippen molar-refractivity contribution in [2.75, 3.05) is 18.4 Å². The minimum atomic E-state index is -0.269. The Morgan fingerprint density at radius 2 is 2.03 bits per heavy atom. The van der Waals surface area contributed by atoms with Gasteiger partial charge in [-0.05, 0) is 62.9 Å². The number of nitrogens with one attached hydrogen (secondary N) is 3. The molecule has 0 aliphatic carbocycles. The van der Waals surface area contributed by atoms with Crippen LogP contribution in [-0.4, -0.2) is 33.9 Å². The number of hydrogen-bond donors (Lipinski definition) is 3. The van der Waals surface area contributed by atoms with Crippen molar-refractivity contribution < 1.29 is 4.79 Å². The fraction of sp³-hybridized carbons (Fsp3) is 0.200. The van der Waals surface area contributed by atoms with Crippen molar-refractivity contribution in [3.8, 4) is 0 Å². The molecule has 4 heterocycles. The highest BCUT2D eigenvalue weighted by Gasteiger charge is 2.31. The number of aromatic amines is 2. The quantitative estimate of drug-likeness (QED) is 0.399. The lowest BCUT2D eigenvalue weighted by atomic mass is 9.98. The fourth-order valence-electron chi connectivity index (χ4n) is 3.84. The van der Waals surface area contributed by atoms with Gasteiger partial charge < -0.3 is 15.3 Å². The second-order valence-electron chi connectivity index (χ2n) is 6.94. The number of benzene rings is 1. The predicted octanol–water partition coefficient (Wildman–Crippen LogP) is 4.33. The molecule has 3 aromatic heterocycles. The van der Waals surface area contributed by atoms with Gasteiger partial charge in [-0.25, -0.2) is 4.79 Å². The summed E-state index contributed by atoms with van der Waals surface area (Å²) in [6, 6.07) is 10.0. The van der Waals surface area contributed by atoms with Crippen LogP contribution in [0.3, 0.4) is 0 Å². The first-order valence-electron chi connectivity index (χ1n) is 9.13. The van der Waals surface area contributed by atoms with Crippen LogP contribution < -0.4 is 11.0 Å². The van der Waals surface area contributed by atoms with Gasteiger partial charge in [0.1, 0.15) is 0 Å². The van der Waals surface area contributed by atoms with Crippen LogP contribution in [0.4, 0.5) is 5.69 Å². The van der Waals surface area contributed by atoms with Crippen LogP contribution in [-0.2, 0) is 11.2 Å². The highest BCUT2D eigenvalue weighted by atomic mass is 79.9. The van der Waals surface area contributed by atoms with Gasteiger partial charge in [0.05, 0.1) is 29.3 Å². The standard InChI is InChI=1S/C20H17BrN4O2S2/c21-12-8-14-15(24-20(27)23-14)9-13(12)22-18(26)10-25-5-3-16-11(4-7-29-16)19(25)17-2-1-6-28-17/h1-2,4,6-9,19H,3,5,10H2,(H,22,26)(H2,23,24,27). The van der Waals surface area contributed by atoms with E-state index in [4.69, 9.17) is 0 Å². The van der Waals surface area contributed by atoms with Crippen LogP contribution in [0.25, 0.3) is 11.0 Å². The molecule has 0 spiro atoms. The zero-order valence-electron chi connectivity index (χ0n) is 15.2. The van der Waals surface area contributed by atoms with Crippen molar-refractivity contribution in [2.24, 2.45) is 0 Å². The molecular weight excluding hydrogens is 472 g/mol. The van der Waals surface area contributed by atoms with E-state index in [0.717, 1.165) is 17.4 Å². The highest BCUT2D eigenvalue weighted by molar-refractivity contribution is 9.10. The van der Waals surface area contributed by atoms with E-state index in [1.54, 1.807) is 34.8 Å². The third-order valence-corrected chi connectivity index (χ3v) is 7.68. The minimum Gasteiger partial charge on any atom is -0.324 e. The number of thiophene rings is 2. The molecule has 148 valence electrons. The molecule has 1 aliphatic heterocycles. The van der Waals surface area contributed by atoms with Crippen molar-refractivity contribution in [1.29, 1.82) is 0 Å². The number of halogens is 1. The molecule has 29 heavy (non-hydrogen) atoms. The molecule has 0 bridgehead atoms. The van der Waals surface area contributed by atoms with Gasteiger partial charge in [-0.1, -0.05) is 6.07 Å². The molecule has 0 saturated heterocycles. The van der Waals surface area contributed by atoms with E-state index in [0.29, 0.717) is 23.3 Å². The lowest BCUT2D eigenvalue weighted by Crippen LogP contribution is -2.40. The molecule has 0 fully saturated rings. The van der Waals surface area contributed by atoms with E-state index < -0.39 is 0 Å². The minimum absolute atomic E-state index is 0.0804. The molecule has 1 atom stereocenters. The summed E-state index contributed by atoms with van der Waals surface area (Å²) in [4.78, 5) is 34.7. The second kappa shape index (κ2) is 7.56. The molecule has 0 radical (unpaired) electrons. The van der Waals surface area contributed by atoms with E-state index >= 15 is 0 Å². The van der Waals surface area contributed by atoms with Crippen LogP contribution in [0, 0.1) is 0 Å². The molecule has 9 heteroatoms. The van der Waals surface area contributed by atoms with Crippen LogP contribution in [0.2, 0.25) is 0 Å². The SMILES string of the molecule is O=C(CN1CCc2sccc2C1c1cccs1)Nc1cc2[nH]c(=O)[nH]c2cc1Br. The van der Waals surface area contributed by atoms with Gasteiger partial charge in [0, 0.05) is 20.8 Å². The summed E-state index contributed by atoms with van der Waals surface area (Å²) in [6.07, 6.45) is 0.961. The Labute approximate surface area is 182 Å². The summed E-state index contributed by atoms with van der Waals surface area (Å²) in [5, 5.41) is 7.20. The maximum atomic E-state index is 12.9. The van der Waals surface area contributed by atoms with Gasteiger partial charge in [0.25, 0.3) is 0 Å². The van der Waals surface area contributed by atoms with E-state index in [2.05, 4.69) is 65.1 Å². The van der Waals surface area contributed by atoms with Gasteiger partial charge in [-0.15, -0.1) is 22.7 Å². The third-order valence-electron chi connectivity index (χ3n) is 5.10. The lowest BCUT2D eigenvalue weighted by molar-refractivity contribution is -0.117. The molecule has 1 unspecified atom stereocenters. The maximum Gasteiger partial charge on any atom is 0.323 e. The first kappa shape index (κ1) is 18.8. The van der Waals surface area contributed by atoms with Crippen LogP contribution in [0.15, 0.2) is 50.4 Å². The van der Waals surface area contributed by atoms with Crippen molar-refractivity contribution >= 4 is 61.2 Å². The average Bonchev–Trinajstić information content (AvgIpc) is 3.42. The molecule has 1 aromatic carbocycles. The van der Waals surface area contributed by atoms with Crippen LogP contribution >= 0.6 is 38.6 Å². The molecule has 5 rings (SSSR count). The first-order chi connectivity index (χ1) is 14.1. The van der Waals surface area contributed by atoms with Crippen LogP contribution in [0.5, 0.6) is 0 Å². The number of rotatable bonds is 4. The van der Waals surface area contributed by atoms with E-state index in [1.807, 2.05) is 0 Å². The van der Waals surface area contributed by atoms with Crippen LogP contribution in [0.1, 0.15) is 21.4 Å². The zero-order chi connectivity index (χ0) is 20.0. The molecule has 1 amide bonds. The van der Waals surface area contributed by atoms with Crippen molar-refractivity contribution in [1.82, 2.24) is 14.9 Å². The number of amides is 1. The number of H-pyrrole nitrogens is 2. The first-order valence-corrected chi connectivity index (χ1v) is 11.7. The van der Waals surface area contributed by atoms with Gasteiger partial charge in [0.2, 0.25) is 5.91 Å². The predicted molar refractivity (Wildman–Crippen MR) is 121 cm³/mol. The molecule has 6 nitrogen and oxygen atoms in total. The van der Waals surface area contributed by atoms with Gasteiger partial charge >= 0.3 is 5.69 Å². The summed E-state index contributed by atoms with van der Waals surface area (Å²) < 4.78 is 0.724. The smallest absolute Gasteiger partial charge is 0.323 e. The Balaban J connectivity index is 1.39. The molecule has 4 aromatic rings. The average molecular weight is 489 g/mol. The summed E-state index contributed by atoms with van der Waals surface area (Å²) in [6.45, 7) is 1.14. The van der Waals surface area contributed by atoms with E-state index in [9.17, 15) is 9.59 Å². The molecule has 1 aliphatic rings. The summed E-state index contributed by atoms with van der Waals surface area (Å²) in [7, 11) is 0. The fourth-order valence-corrected chi connectivity index (χ4v) is 6.07. The topological polar surface area (TPSA) is 81.0 Å². The zero-order valence-corrected chi connectivity index (χ0v) is 18.4. The maximum absolute atomic E-state index is 12.9. The second-order valence-corrected chi connectivity index (χ2v) is 9.78. The number of anilines is 1. The normalized spacial score (nSPS) is 16.8. The number of nitrogens with zero attached hydrogens (tertiary/aromatic N) is 1. The van der Waals surface area contributed by atoms with Crippen molar-refractivity contribution in [3.05, 3.63) is 71.4 Å². The number of hydrogen-bond acceptors (Lipinski definition) is 5. The lowest BCUT2D eigenvalue weighted by Gasteiger charge is -2.34. The Hall–Kier alpha value is -2.20. The summed E-state index contributed by atoms with van der Waals surface area (Å²) >= 11 is 7.00. The number of imidazole rings is 1. The summed E-state index contributed by atoms with van der Waals surface area (Å²) in [5.74, 6) is -0.0804. The number of aromatic nitrogens is 2. The van der Waals surface area contributed by atoms with E-state index in [1.165, 1.54) is 15.3 Å². The number of carbonyl (C=O) groups excluding carboxylic acids is 1. The Bertz CT molecular complexity index is 1240. The Morgan fingerprint density at radius 3 is 2.83 bits per heavy atom. The Kier molecular flexibility index (Phi) is 4.91. The monoisotopic (exact) mass is 488 g/mol. The molecular formula is C20H17BrN4O2S2.